The molecule has 86 valence electrons. The fourth-order valence-corrected chi connectivity index (χ4v) is 1.75. The van der Waals surface area contributed by atoms with Gasteiger partial charge in [0.05, 0.1) is 11.3 Å². The lowest BCUT2D eigenvalue weighted by molar-refractivity contribution is -0.142. The van der Waals surface area contributed by atoms with Gasteiger partial charge in [-0.15, -0.1) is 11.6 Å². The summed E-state index contributed by atoms with van der Waals surface area (Å²) >= 11 is 5.70. The number of halogens is 1. The highest BCUT2D eigenvalue weighted by atomic mass is 35.5. The number of alkyl halides is 1. The number of carboxylic acids is 1. The second-order valence-electron chi connectivity index (χ2n) is 4.59. The van der Waals surface area contributed by atoms with E-state index in [2.05, 4.69) is 0 Å². The maximum absolute atomic E-state index is 11.9. The third-order valence-electron chi connectivity index (χ3n) is 2.74. The largest absolute Gasteiger partial charge is 0.481 e. The zero-order valence-corrected chi connectivity index (χ0v) is 9.75. The average molecular weight is 234 g/mol. The van der Waals surface area contributed by atoms with Crippen LogP contribution >= 0.6 is 11.6 Å². The van der Waals surface area contributed by atoms with E-state index >= 15 is 0 Å². The van der Waals surface area contributed by atoms with Crippen molar-refractivity contribution in [2.45, 2.75) is 20.3 Å². The average Bonchev–Trinajstić information content (AvgIpc) is 2.65. The number of amides is 1. The molecule has 0 aromatic carbocycles. The van der Waals surface area contributed by atoms with Crippen molar-refractivity contribution in [1.82, 2.24) is 4.90 Å². The van der Waals surface area contributed by atoms with Crippen molar-refractivity contribution in [3.8, 4) is 0 Å². The van der Waals surface area contributed by atoms with E-state index in [9.17, 15) is 9.59 Å². The summed E-state index contributed by atoms with van der Waals surface area (Å²) in [6.07, 6.45) is 0.541. The number of hydrogen-bond donors (Lipinski definition) is 1. The molecule has 0 radical (unpaired) electrons. The molecule has 4 nitrogen and oxygen atoms in total. The van der Waals surface area contributed by atoms with E-state index in [0.717, 1.165) is 0 Å². The van der Waals surface area contributed by atoms with Crippen LogP contribution in [0.2, 0.25) is 0 Å². The van der Waals surface area contributed by atoms with Gasteiger partial charge in [0.1, 0.15) is 0 Å². The molecule has 1 aliphatic heterocycles. The molecule has 0 bridgehead atoms. The Balaban J connectivity index is 2.61. The van der Waals surface area contributed by atoms with E-state index in [1.54, 1.807) is 18.7 Å². The Morgan fingerprint density at radius 3 is 2.53 bits per heavy atom. The molecule has 1 N–H and O–H groups in total. The van der Waals surface area contributed by atoms with Crippen LogP contribution in [0.25, 0.3) is 0 Å². The summed E-state index contributed by atoms with van der Waals surface area (Å²) < 4.78 is 0. The Labute approximate surface area is 94.2 Å². The first-order valence-electron chi connectivity index (χ1n) is 4.96. The molecule has 1 heterocycles. The summed E-state index contributed by atoms with van der Waals surface area (Å²) in [4.78, 5) is 24.2. The summed E-state index contributed by atoms with van der Waals surface area (Å²) in [5, 5.41) is 8.81. The number of carboxylic acid groups (broad SMARTS) is 1. The van der Waals surface area contributed by atoms with Crippen LogP contribution in [0.1, 0.15) is 20.3 Å². The summed E-state index contributed by atoms with van der Waals surface area (Å²) in [6.45, 7) is 4.39. The van der Waals surface area contributed by atoms with Crippen LogP contribution in [-0.2, 0) is 9.59 Å². The van der Waals surface area contributed by atoms with Gasteiger partial charge in [-0.05, 0) is 20.3 Å². The van der Waals surface area contributed by atoms with Crippen molar-refractivity contribution in [3.05, 3.63) is 0 Å². The molecule has 1 amide bonds. The molecule has 1 rings (SSSR count). The minimum atomic E-state index is -0.825. The first kappa shape index (κ1) is 12.3. The normalized spacial score (nSPS) is 21.8. The van der Waals surface area contributed by atoms with Gasteiger partial charge >= 0.3 is 5.97 Å². The molecule has 0 aliphatic carbocycles. The third-order valence-corrected chi connectivity index (χ3v) is 3.41. The maximum atomic E-state index is 11.9. The lowest BCUT2D eigenvalue weighted by atomic mass is 9.94. The standard InChI is InChI=1S/C10H16ClNO3/c1-10(2,6-11)9(15)12-4-3-7(5-12)8(13)14/h7H,3-6H2,1-2H3,(H,13,14). The Morgan fingerprint density at radius 2 is 2.13 bits per heavy atom. The number of likely N-dealkylation sites (tertiary alicyclic amines) is 1. The molecule has 15 heavy (non-hydrogen) atoms. The van der Waals surface area contributed by atoms with Crippen LogP contribution in [0, 0.1) is 11.3 Å². The minimum absolute atomic E-state index is 0.0544. The number of rotatable bonds is 3. The molecule has 0 spiro atoms. The fraction of sp³-hybridized carbons (Fsp3) is 0.800. The molecule has 1 unspecified atom stereocenters. The molecule has 1 saturated heterocycles. The predicted octanol–water partition coefficient (Wildman–Crippen LogP) is 1.18. The zero-order chi connectivity index (χ0) is 11.6. The number of aliphatic carboxylic acids is 1. The van der Waals surface area contributed by atoms with Gasteiger partial charge in [0.25, 0.3) is 0 Å². The van der Waals surface area contributed by atoms with E-state index < -0.39 is 17.3 Å². The maximum Gasteiger partial charge on any atom is 0.308 e. The molecular weight excluding hydrogens is 218 g/mol. The van der Waals surface area contributed by atoms with Crippen molar-refractivity contribution in [3.63, 3.8) is 0 Å². The molecule has 5 heteroatoms. The molecule has 1 atom stereocenters. The van der Waals surface area contributed by atoms with Gasteiger partial charge < -0.3 is 10.0 Å². The van der Waals surface area contributed by atoms with E-state index in [0.29, 0.717) is 19.5 Å². The van der Waals surface area contributed by atoms with Crippen molar-refractivity contribution in [2.75, 3.05) is 19.0 Å². The fourth-order valence-electron chi connectivity index (χ4n) is 1.63. The molecular formula is C10H16ClNO3. The van der Waals surface area contributed by atoms with E-state index in [4.69, 9.17) is 16.7 Å². The van der Waals surface area contributed by atoms with Crippen molar-refractivity contribution in [2.24, 2.45) is 11.3 Å². The van der Waals surface area contributed by atoms with Crippen LogP contribution in [0.15, 0.2) is 0 Å². The topological polar surface area (TPSA) is 57.6 Å². The van der Waals surface area contributed by atoms with Crippen molar-refractivity contribution >= 4 is 23.5 Å². The third kappa shape index (κ3) is 2.62. The first-order chi connectivity index (χ1) is 6.88. The summed E-state index contributed by atoms with van der Waals surface area (Å²) in [5.74, 6) is -1.05. The Kier molecular flexibility index (Phi) is 3.60. The van der Waals surface area contributed by atoms with Crippen molar-refractivity contribution < 1.29 is 14.7 Å². The summed E-state index contributed by atoms with van der Waals surface area (Å²) in [5.41, 5.74) is -0.602. The SMILES string of the molecule is CC(C)(CCl)C(=O)N1CCC(C(=O)O)C1. The van der Waals surface area contributed by atoms with Gasteiger partial charge in [-0.25, -0.2) is 0 Å². The molecule has 0 saturated carbocycles. The van der Waals surface area contributed by atoms with Gasteiger partial charge in [0.2, 0.25) is 5.91 Å². The van der Waals surface area contributed by atoms with Gasteiger partial charge in [0.15, 0.2) is 0 Å². The van der Waals surface area contributed by atoms with Crippen LogP contribution < -0.4 is 0 Å². The van der Waals surface area contributed by atoms with Gasteiger partial charge in [-0.1, -0.05) is 0 Å². The summed E-state index contributed by atoms with van der Waals surface area (Å²) in [6, 6.07) is 0. The zero-order valence-electron chi connectivity index (χ0n) is 8.99. The van der Waals surface area contributed by atoms with Gasteiger partial charge in [-0.3, -0.25) is 9.59 Å². The Hall–Kier alpha value is -0.770. The highest BCUT2D eigenvalue weighted by Crippen LogP contribution is 2.25. The van der Waals surface area contributed by atoms with E-state index in [1.165, 1.54) is 0 Å². The summed E-state index contributed by atoms with van der Waals surface area (Å²) in [7, 11) is 0. The number of nitrogens with zero attached hydrogens (tertiary/aromatic N) is 1. The van der Waals surface area contributed by atoms with Crippen LogP contribution in [0.4, 0.5) is 0 Å². The lowest BCUT2D eigenvalue weighted by Gasteiger charge is -2.27. The van der Waals surface area contributed by atoms with E-state index in [1.807, 2.05) is 0 Å². The van der Waals surface area contributed by atoms with Crippen LogP contribution in [0.5, 0.6) is 0 Å². The second-order valence-corrected chi connectivity index (χ2v) is 4.86. The van der Waals surface area contributed by atoms with Crippen LogP contribution in [0.3, 0.4) is 0 Å². The van der Waals surface area contributed by atoms with Crippen LogP contribution in [-0.4, -0.2) is 40.9 Å². The smallest absolute Gasteiger partial charge is 0.308 e. The second kappa shape index (κ2) is 4.39. The highest BCUT2D eigenvalue weighted by Gasteiger charge is 2.37. The molecule has 0 aromatic rings. The van der Waals surface area contributed by atoms with Gasteiger partial charge in [0, 0.05) is 19.0 Å². The Bertz CT molecular complexity index is 278. The predicted molar refractivity (Wildman–Crippen MR) is 56.8 cm³/mol. The van der Waals surface area contributed by atoms with E-state index in [-0.39, 0.29) is 11.8 Å². The van der Waals surface area contributed by atoms with Gasteiger partial charge in [-0.2, -0.15) is 0 Å². The molecule has 1 aliphatic rings. The first-order valence-corrected chi connectivity index (χ1v) is 5.50. The molecule has 1 fully saturated rings. The highest BCUT2D eigenvalue weighted by molar-refractivity contribution is 6.19. The number of carbonyl (C=O) groups is 2. The Morgan fingerprint density at radius 1 is 1.53 bits per heavy atom. The quantitative estimate of drug-likeness (QED) is 0.745. The molecule has 0 aromatic heterocycles. The monoisotopic (exact) mass is 233 g/mol. The lowest BCUT2D eigenvalue weighted by Crippen LogP contribution is -2.41. The number of carbonyl (C=O) groups excluding carboxylic acids is 1. The minimum Gasteiger partial charge on any atom is -0.481 e. The number of hydrogen-bond acceptors (Lipinski definition) is 2. The van der Waals surface area contributed by atoms with Crippen molar-refractivity contribution in [1.29, 1.82) is 0 Å².